The molecule has 1 aromatic rings. The minimum absolute atomic E-state index is 0.0804. The van der Waals surface area contributed by atoms with Gasteiger partial charge in [-0.3, -0.25) is 10.1 Å². The minimum atomic E-state index is -0.753. The lowest BCUT2D eigenvalue weighted by Gasteiger charge is -2.01. The van der Waals surface area contributed by atoms with Crippen molar-refractivity contribution in [3.8, 4) is 0 Å². The summed E-state index contributed by atoms with van der Waals surface area (Å²) in [6.07, 6.45) is 0.658. The highest BCUT2D eigenvalue weighted by molar-refractivity contribution is 5.85. The van der Waals surface area contributed by atoms with Crippen molar-refractivity contribution in [2.45, 2.75) is 13.3 Å². The number of hydrogen-bond donors (Lipinski definition) is 3. The van der Waals surface area contributed by atoms with E-state index in [1.165, 1.54) is 6.07 Å². The molecule has 0 aliphatic rings. The number of carbonyl (C=O) groups excluding carboxylic acids is 1. The number of aromatic nitrogens is 2. The Morgan fingerprint density at radius 2 is 2.46 bits per heavy atom. The number of H-pyrrole nitrogens is 1. The summed E-state index contributed by atoms with van der Waals surface area (Å²) < 4.78 is 0. The maximum atomic E-state index is 10.9. The van der Waals surface area contributed by atoms with E-state index in [4.69, 9.17) is 5.73 Å². The molecule has 0 unspecified atom stereocenters. The first-order valence-corrected chi connectivity index (χ1v) is 3.78. The van der Waals surface area contributed by atoms with E-state index in [1.807, 2.05) is 6.92 Å². The van der Waals surface area contributed by atoms with Crippen LogP contribution in [0.15, 0.2) is 10.9 Å². The summed E-state index contributed by atoms with van der Waals surface area (Å²) in [5.41, 5.74) is 5.15. The number of nitrogens with two attached hydrogens (primary N) is 1. The Hall–Kier alpha value is -1.85. The van der Waals surface area contributed by atoms with Gasteiger partial charge in [-0.25, -0.2) is 4.79 Å². The van der Waals surface area contributed by atoms with Crippen molar-refractivity contribution in [3.05, 3.63) is 22.1 Å². The minimum Gasteiger partial charge on any atom is -0.351 e. The van der Waals surface area contributed by atoms with Gasteiger partial charge in [0.25, 0.3) is 5.56 Å². The van der Waals surface area contributed by atoms with Crippen molar-refractivity contribution in [1.29, 1.82) is 0 Å². The van der Waals surface area contributed by atoms with Crippen molar-refractivity contribution >= 4 is 12.0 Å². The summed E-state index contributed by atoms with van der Waals surface area (Å²) in [4.78, 5) is 27.6. The van der Waals surface area contributed by atoms with Gasteiger partial charge < -0.3 is 10.7 Å². The molecule has 6 heteroatoms. The fourth-order valence-corrected chi connectivity index (χ4v) is 0.874. The van der Waals surface area contributed by atoms with E-state index in [9.17, 15) is 9.59 Å². The third-order valence-corrected chi connectivity index (χ3v) is 1.42. The quantitative estimate of drug-likeness (QED) is 0.591. The predicted molar refractivity (Wildman–Crippen MR) is 47.4 cm³/mol. The fourth-order valence-electron chi connectivity index (χ4n) is 0.874. The lowest BCUT2D eigenvalue weighted by molar-refractivity contribution is 0.259. The molecular weight excluding hydrogens is 172 g/mol. The van der Waals surface area contributed by atoms with E-state index < -0.39 is 11.6 Å². The zero-order chi connectivity index (χ0) is 9.84. The second-order valence-corrected chi connectivity index (χ2v) is 2.44. The molecule has 0 bridgehead atoms. The summed E-state index contributed by atoms with van der Waals surface area (Å²) in [6.45, 7) is 1.87. The van der Waals surface area contributed by atoms with Crippen LogP contribution in [0.5, 0.6) is 0 Å². The molecule has 4 N–H and O–H groups in total. The van der Waals surface area contributed by atoms with Gasteiger partial charge in [0.05, 0.1) is 0 Å². The molecule has 13 heavy (non-hydrogen) atoms. The standard InChI is InChI=1S/C7H10N4O2/c1-2-4-3-5(12)10-7(9-4)11-6(8)13/h3H,2H2,1H3,(H4,8,9,10,11,12,13). The fraction of sp³-hybridized carbons (Fsp3) is 0.286. The highest BCUT2D eigenvalue weighted by atomic mass is 16.2. The van der Waals surface area contributed by atoms with Crippen LogP contribution in [0.2, 0.25) is 0 Å². The van der Waals surface area contributed by atoms with Crippen LogP contribution in [-0.4, -0.2) is 16.0 Å². The van der Waals surface area contributed by atoms with Gasteiger partial charge in [0, 0.05) is 11.8 Å². The molecule has 2 amide bonds. The Bertz CT molecular complexity index is 371. The van der Waals surface area contributed by atoms with Gasteiger partial charge in [-0.05, 0) is 6.42 Å². The lowest BCUT2D eigenvalue weighted by Crippen LogP contribution is -2.23. The van der Waals surface area contributed by atoms with E-state index in [1.54, 1.807) is 0 Å². The zero-order valence-corrected chi connectivity index (χ0v) is 7.13. The Morgan fingerprint density at radius 1 is 1.77 bits per heavy atom. The SMILES string of the molecule is CCc1cc(=O)nc(NC(N)=O)[nH]1. The topological polar surface area (TPSA) is 101 Å². The normalized spacial score (nSPS) is 9.62. The van der Waals surface area contributed by atoms with Gasteiger partial charge in [-0.1, -0.05) is 6.92 Å². The number of urea groups is 1. The Labute approximate surface area is 74.2 Å². The van der Waals surface area contributed by atoms with Gasteiger partial charge in [0.15, 0.2) is 0 Å². The molecule has 0 spiro atoms. The van der Waals surface area contributed by atoms with Gasteiger partial charge in [0.1, 0.15) is 0 Å². The zero-order valence-electron chi connectivity index (χ0n) is 7.13. The van der Waals surface area contributed by atoms with E-state index in [2.05, 4.69) is 15.3 Å². The van der Waals surface area contributed by atoms with E-state index in [-0.39, 0.29) is 5.95 Å². The molecule has 0 radical (unpaired) electrons. The van der Waals surface area contributed by atoms with Gasteiger partial charge >= 0.3 is 6.03 Å². The molecular formula is C7H10N4O2. The maximum Gasteiger partial charge on any atom is 0.318 e. The van der Waals surface area contributed by atoms with Crippen LogP contribution in [0, 0.1) is 0 Å². The average molecular weight is 182 g/mol. The molecule has 70 valence electrons. The number of nitrogens with one attached hydrogen (secondary N) is 2. The predicted octanol–water partition coefficient (Wildman–Crippen LogP) is -0.177. The van der Waals surface area contributed by atoms with Gasteiger partial charge in [-0.2, -0.15) is 4.98 Å². The number of primary amides is 1. The number of amides is 2. The number of anilines is 1. The summed E-state index contributed by atoms with van der Waals surface area (Å²) >= 11 is 0. The molecule has 0 saturated carbocycles. The first-order valence-electron chi connectivity index (χ1n) is 3.78. The van der Waals surface area contributed by atoms with Gasteiger partial charge in [0.2, 0.25) is 5.95 Å². The lowest BCUT2D eigenvalue weighted by atomic mass is 10.3. The molecule has 0 fully saturated rings. The molecule has 1 heterocycles. The van der Waals surface area contributed by atoms with Crippen LogP contribution >= 0.6 is 0 Å². The molecule has 0 saturated heterocycles. The average Bonchev–Trinajstić information content (AvgIpc) is 2.01. The summed E-state index contributed by atoms with van der Waals surface area (Å²) in [5, 5.41) is 2.19. The third kappa shape index (κ3) is 2.58. The Kier molecular flexibility index (Phi) is 2.63. The summed E-state index contributed by atoms with van der Waals surface area (Å²) in [6, 6.07) is 0.614. The molecule has 1 rings (SSSR count). The second-order valence-electron chi connectivity index (χ2n) is 2.44. The van der Waals surface area contributed by atoms with Crippen LogP contribution < -0.4 is 16.6 Å². The molecule has 0 aliphatic carbocycles. The first-order chi connectivity index (χ1) is 6.11. The van der Waals surface area contributed by atoms with E-state index in [0.717, 1.165) is 0 Å². The molecule has 1 aromatic heterocycles. The molecule has 0 atom stereocenters. The van der Waals surface area contributed by atoms with Crippen molar-refractivity contribution in [2.75, 3.05) is 5.32 Å². The summed E-state index contributed by atoms with van der Waals surface area (Å²) in [5.74, 6) is 0.0804. The van der Waals surface area contributed by atoms with Crippen molar-refractivity contribution in [2.24, 2.45) is 5.73 Å². The number of carbonyl (C=O) groups is 1. The monoisotopic (exact) mass is 182 g/mol. The highest BCUT2D eigenvalue weighted by Gasteiger charge is 2.00. The van der Waals surface area contributed by atoms with Crippen LogP contribution in [0.3, 0.4) is 0 Å². The van der Waals surface area contributed by atoms with E-state index >= 15 is 0 Å². The molecule has 0 aliphatic heterocycles. The first kappa shape index (κ1) is 9.24. The Balaban J connectivity index is 3.01. The smallest absolute Gasteiger partial charge is 0.318 e. The van der Waals surface area contributed by atoms with Gasteiger partial charge in [-0.15, -0.1) is 0 Å². The van der Waals surface area contributed by atoms with Crippen LogP contribution in [0.4, 0.5) is 10.7 Å². The van der Waals surface area contributed by atoms with Crippen molar-refractivity contribution in [1.82, 2.24) is 9.97 Å². The highest BCUT2D eigenvalue weighted by Crippen LogP contribution is 1.96. The van der Waals surface area contributed by atoms with E-state index in [0.29, 0.717) is 12.1 Å². The number of hydrogen-bond acceptors (Lipinski definition) is 3. The molecule has 6 nitrogen and oxygen atoms in total. The third-order valence-electron chi connectivity index (χ3n) is 1.42. The van der Waals surface area contributed by atoms with Crippen LogP contribution in [0.1, 0.15) is 12.6 Å². The van der Waals surface area contributed by atoms with Crippen LogP contribution in [0.25, 0.3) is 0 Å². The number of aryl methyl sites for hydroxylation is 1. The van der Waals surface area contributed by atoms with Crippen molar-refractivity contribution in [3.63, 3.8) is 0 Å². The number of nitrogens with zero attached hydrogens (tertiary/aromatic N) is 1. The van der Waals surface area contributed by atoms with Crippen molar-refractivity contribution < 1.29 is 4.79 Å². The van der Waals surface area contributed by atoms with Crippen LogP contribution in [-0.2, 0) is 6.42 Å². The Morgan fingerprint density at radius 3 is 3.00 bits per heavy atom. The number of aromatic amines is 1. The summed E-state index contributed by atoms with van der Waals surface area (Å²) in [7, 11) is 0. The second kappa shape index (κ2) is 3.70. The molecule has 0 aromatic carbocycles. The largest absolute Gasteiger partial charge is 0.351 e. The maximum absolute atomic E-state index is 10.9. The number of rotatable bonds is 2.